The molecular weight excluding hydrogens is 256 g/mol. The van der Waals surface area contributed by atoms with Gasteiger partial charge in [-0.05, 0) is 31.8 Å². The van der Waals surface area contributed by atoms with Gasteiger partial charge in [0.05, 0.1) is 0 Å². The highest BCUT2D eigenvalue weighted by Crippen LogP contribution is 2.07. The molecule has 0 heterocycles. The van der Waals surface area contributed by atoms with E-state index in [2.05, 4.69) is 11.2 Å². The predicted molar refractivity (Wildman–Crippen MR) is 76.2 cm³/mol. The Morgan fingerprint density at radius 2 is 1.95 bits per heavy atom. The second kappa shape index (κ2) is 7.31. The minimum absolute atomic E-state index is 0.0419. The van der Waals surface area contributed by atoms with E-state index in [1.807, 2.05) is 31.1 Å². The van der Waals surface area contributed by atoms with Gasteiger partial charge in [-0.15, -0.1) is 12.3 Å². The molecule has 2 N–H and O–H groups in total. The second-order valence-corrected chi connectivity index (χ2v) is 4.71. The zero-order valence-corrected chi connectivity index (χ0v) is 11.6. The highest BCUT2D eigenvalue weighted by Gasteiger charge is 2.19. The smallest absolute Gasteiger partial charge is 0.327 e. The van der Waals surface area contributed by atoms with Crippen molar-refractivity contribution in [2.45, 2.75) is 19.0 Å². The molecule has 0 fully saturated rings. The predicted octanol–water partition coefficient (Wildman–Crippen LogP) is 0.954. The van der Waals surface area contributed by atoms with E-state index in [0.29, 0.717) is 5.56 Å². The Morgan fingerprint density at radius 1 is 1.35 bits per heavy atom. The van der Waals surface area contributed by atoms with Crippen molar-refractivity contribution >= 4 is 11.9 Å². The molecule has 0 saturated heterocycles. The van der Waals surface area contributed by atoms with Gasteiger partial charge in [-0.1, -0.05) is 12.1 Å². The average molecular weight is 274 g/mol. The highest BCUT2D eigenvalue weighted by molar-refractivity contribution is 5.96. The van der Waals surface area contributed by atoms with Gasteiger partial charge in [0.15, 0.2) is 0 Å². The molecule has 0 saturated carbocycles. The van der Waals surface area contributed by atoms with E-state index in [1.165, 1.54) is 0 Å². The third-order valence-corrected chi connectivity index (χ3v) is 2.64. The van der Waals surface area contributed by atoms with Gasteiger partial charge in [0, 0.05) is 18.5 Å². The zero-order valence-electron chi connectivity index (χ0n) is 11.6. The molecule has 1 unspecified atom stereocenters. The van der Waals surface area contributed by atoms with Crippen LogP contribution in [0.1, 0.15) is 22.3 Å². The zero-order chi connectivity index (χ0) is 15.1. The van der Waals surface area contributed by atoms with Crippen LogP contribution in [0.5, 0.6) is 0 Å². The van der Waals surface area contributed by atoms with E-state index in [9.17, 15) is 9.59 Å². The summed E-state index contributed by atoms with van der Waals surface area (Å²) in [5.74, 6) is 0.657. The first-order valence-corrected chi connectivity index (χ1v) is 6.15. The summed E-state index contributed by atoms with van der Waals surface area (Å²) in [6.07, 6.45) is 5.04. The molecule has 1 aromatic rings. The lowest BCUT2D eigenvalue weighted by Gasteiger charge is -2.13. The minimum atomic E-state index is -1.14. The van der Waals surface area contributed by atoms with Gasteiger partial charge >= 0.3 is 5.97 Å². The van der Waals surface area contributed by atoms with Crippen molar-refractivity contribution in [2.24, 2.45) is 0 Å². The molecule has 106 valence electrons. The van der Waals surface area contributed by atoms with E-state index in [4.69, 9.17) is 11.5 Å². The monoisotopic (exact) mass is 274 g/mol. The Hall–Kier alpha value is -2.32. The quantitative estimate of drug-likeness (QED) is 0.758. The summed E-state index contributed by atoms with van der Waals surface area (Å²) in [5, 5.41) is 11.3. The van der Waals surface area contributed by atoms with Crippen molar-refractivity contribution in [1.82, 2.24) is 10.2 Å². The molecule has 1 rings (SSSR count). The number of hydrogen-bond acceptors (Lipinski definition) is 3. The lowest BCUT2D eigenvalue weighted by atomic mass is 10.1. The van der Waals surface area contributed by atoms with E-state index in [0.717, 1.165) is 12.1 Å². The lowest BCUT2D eigenvalue weighted by molar-refractivity contribution is -0.139. The maximum absolute atomic E-state index is 11.9. The molecule has 1 aromatic carbocycles. The number of aliphatic carboxylic acids is 1. The van der Waals surface area contributed by atoms with Crippen molar-refractivity contribution in [3.8, 4) is 12.3 Å². The number of amides is 1. The molecule has 20 heavy (non-hydrogen) atoms. The van der Waals surface area contributed by atoms with E-state index in [-0.39, 0.29) is 6.42 Å². The molecular formula is C15H18N2O3. The number of carbonyl (C=O) groups excluding carboxylic acids is 1. The highest BCUT2D eigenvalue weighted by atomic mass is 16.4. The van der Waals surface area contributed by atoms with Gasteiger partial charge in [-0.25, -0.2) is 4.79 Å². The van der Waals surface area contributed by atoms with Crippen molar-refractivity contribution in [3.05, 3.63) is 35.4 Å². The molecule has 0 spiro atoms. The first-order chi connectivity index (χ1) is 9.43. The van der Waals surface area contributed by atoms with Gasteiger partial charge < -0.3 is 15.3 Å². The Kier molecular flexibility index (Phi) is 5.75. The third-order valence-electron chi connectivity index (χ3n) is 2.64. The van der Waals surface area contributed by atoms with Crippen molar-refractivity contribution in [3.63, 3.8) is 0 Å². The number of benzene rings is 1. The van der Waals surface area contributed by atoms with Crippen LogP contribution >= 0.6 is 0 Å². The summed E-state index contributed by atoms with van der Waals surface area (Å²) in [6.45, 7) is 0.775. The first kappa shape index (κ1) is 15.7. The molecule has 0 bridgehead atoms. The van der Waals surface area contributed by atoms with Gasteiger partial charge in [-0.3, -0.25) is 4.79 Å². The first-order valence-electron chi connectivity index (χ1n) is 6.15. The number of carboxylic acids is 1. The van der Waals surface area contributed by atoms with Crippen molar-refractivity contribution < 1.29 is 14.7 Å². The number of nitrogens with zero attached hydrogens (tertiary/aromatic N) is 1. The fraction of sp³-hybridized carbons (Fsp3) is 0.333. The van der Waals surface area contributed by atoms with Gasteiger partial charge in [-0.2, -0.15) is 0 Å². The molecule has 5 heteroatoms. The van der Waals surface area contributed by atoms with Crippen LogP contribution in [0.15, 0.2) is 24.3 Å². The van der Waals surface area contributed by atoms with Crippen LogP contribution in [0.4, 0.5) is 0 Å². The SMILES string of the molecule is C#CCC(NC(=O)c1ccc(CN(C)C)cc1)C(=O)O. The number of terminal acetylenes is 1. The van der Waals surface area contributed by atoms with Crippen molar-refractivity contribution in [2.75, 3.05) is 14.1 Å². The number of carbonyl (C=O) groups is 2. The maximum atomic E-state index is 11.9. The summed E-state index contributed by atoms with van der Waals surface area (Å²) in [5.41, 5.74) is 1.49. The Morgan fingerprint density at radius 3 is 2.40 bits per heavy atom. The summed E-state index contributed by atoms with van der Waals surface area (Å²) in [7, 11) is 3.91. The average Bonchev–Trinajstić information content (AvgIpc) is 2.38. The van der Waals surface area contributed by atoms with Crippen LogP contribution in [0, 0.1) is 12.3 Å². The molecule has 0 radical (unpaired) electrons. The van der Waals surface area contributed by atoms with Crippen LogP contribution in [0.3, 0.4) is 0 Å². The van der Waals surface area contributed by atoms with Gasteiger partial charge in [0.25, 0.3) is 5.91 Å². The minimum Gasteiger partial charge on any atom is -0.480 e. The molecule has 1 amide bonds. The fourth-order valence-corrected chi connectivity index (χ4v) is 1.69. The molecule has 0 aliphatic carbocycles. The summed E-state index contributed by atoms with van der Waals surface area (Å²) >= 11 is 0. The molecule has 0 aromatic heterocycles. The second-order valence-electron chi connectivity index (χ2n) is 4.71. The fourth-order valence-electron chi connectivity index (χ4n) is 1.69. The van der Waals surface area contributed by atoms with Crippen molar-refractivity contribution in [1.29, 1.82) is 0 Å². The normalized spacial score (nSPS) is 11.7. The third kappa shape index (κ3) is 4.75. The van der Waals surface area contributed by atoms with Gasteiger partial charge in [0.1, 0.15) is 6.04 Å². The van der Waals surface area contributed by atoms with E-state index < -0.39 is 17.9 Å². The van der Waals surface area contributed by atoms with Crippen LogP contribution < -0.4 is 5.32 Å². The van der Waals surface area contributed by atoms with Crippen LogP contribution in [0.2, 0.25) is 0 Å². The number of rotatable bonds is 6. The van der Waals surface area contributed by atoms with Crippen LogP contribution in [-0.4, -0.2) is 42.0 Å². The van der Waals surface area contributed by atoms with Gasteiger partial charge in [0.2, 0.25) is 0 Å². The Balaban J connectivity index is 2.72. The maximum Gasteiger partial charge on any atom is 0.327 e. The lowest BCUT2D eigenvalue weighted by Crippen LogP contribution is -2.40. The number of carboxylic acid groups (broad SMARTS) is 1. The number of nitrogens with one attached hydrogen (secondary N) is 1. The largest absolute Gasteiger partial charge is 0.480 e. The summed E-state index contributed by atoms with van der Waals surface area (Å²) in [4.78, 5) is 24.8. The Labute approximate surface area is 118 Å². The van der Waals surface area contributed by atoms with E-state index in [1.54, 1.807) is 12.1 Å². The molecule has 0 aliphatic heterocycles. The Bertz CT molecular complexity index is 515. The standard InChI is InChI=1S/C15H18N2O3/c1-4-5-13(15(19)20)16-14(18)12-8-6-11(7-9-12)10-17(2)3/h1,6-9,13H,5,10H2,2-3H3,(H,16,18)(H,19,20). The summed E-state index contributed by atoms with van der Waals surface area (Å²) < 4.78 is 0. The summed E-state index contributed by atoms with van der Waals surface area (Å²) in [6, 6.07) is 5.96. The molecule has 0 aliphatic rings. The van der Waals surface area contributed by atoms with Crippen LogP contribution in [0.25, 0.3) is 0 Å². The molecule has 1 atom stereocenters. The molecule has 5 nitrogen and oxygen atoms in total. The topological polar surface area (TPSA) is 69.6 Å². The van der Waals surface area contributed by atoms with E-state index >= 15 is 0 Å². The number of hydrogen-bond donors (Lipinski definition) is 2. The van der Waals surface area contributed by atoms with Crippen LogP contribution in [-0.2, 0) is 11.3 Å².